The number of hydrogen-bond donors (Lipinski definition) is 1. The Hall–Kier alpha value is -2.18. The Morgan fingerprint density at radius 1 is 1.04 bits per heavy atom. The summed E-state index contributed by atoms with van der Waals surface area (Å²) < 4.78 is 12.0. The van der Waals surface area contributed by atoms with Crippen LogP contribution >= 0.6 is 0 Å². The Morgan fingerprint density at radius 3 is 2.29 bits per heavy atom. The molecule has 2 aromatic rings. The number of nitrogens with zero attached hydrogens (tertiary/aromatic N) is 1. The zero-order valence-corrected chi connectivity index (χ0v) is 14.4. The molecule has 0 saturated carbocycles. The lowest BCUT2D eigenvalue weighted by Crippen LogP contribution is -2.41. The summed E-state index contributed by atoms with van der Waals surface area (Å²) in [6.07, 6.45) is 3.30. The van der Waals surface area contributed by atoms with E-state index in [0.29, 0.717) is 11.3 Å². The van der Waals surface area contributed by atoms with Gasteiger partial charge in [0, 0.05) is 17.2 Å². The molecule has 1 aliphatic rings. The topological polar surface area (TPSA) is 60.5 Å². The van der Waals surface area contributed by atoms with Gasteiger partial charge in [0.2, 0.25) is 0 Å². The number of anilines is 1. The Morgan fingerprint density at radius 2 is 1.67 bits per heavy atom. The summed E-state index contributed by atoms with van der Waals surface area (Å²) in [5.41, 5.74) is 1.15. The zero-order chi connectivity index (χ0) is 17.4. The highest BCUT2D eigenvalue weighted by molar-refractivity contribution is 6.62. The van der Waals surface area contributed by atoms with Gasteiger partial charge in [0.05, 0.1) is 23.1 Å². The first-order chi connectivity index (χ1) is 11.3. The molecular weight excluding hydrogens is 303 g/mol. The zero-order valence-electron chi connectivity index (χ0n) is 14.4. The predicted molar refractivity (Wildman–Crippen MR) is 94.3 cm³/mol. The quantitative estimate of drug-likeness (QED) is 0.882. The van der Waals surface area contributed by atoms with E-state index in [2.05, 4.69) is 10.3 Å². The van der Waals surface area contributed by atoms with Crippen LogP contribution in [0.2, 0.25) is 0 Å². The summed E-state index contributed by atoms with van der Waals surface area (Å²) in [6.45, 7) is 8.01. The summed E-state index contributed by atoms with van der Waals surface area (Å²) in [4.78, 5) is 16.4. The number of aromatic nitrogens is 1. The standard InChI is InChI=1S/C18H21BN2O3/c1-17(2)18(3,4)24-19(23-17)14-10-15(12-20-11-14)21-16(22)13-8-6-5-7-9-13/h5-12H,1-4H3,(H,21,22). The van der Waals surface area contributed by atoms with Crippen molar-refractivity contribution in [2.24, 2.45) is 0 Å². The van der Waals surface area contributed by atoms with Crippen LogP contribution in [-0.4, -0.2) is 29.2 Å². The maximum Gasteiger partial charge on any atom is 0.496 e. The largest absolute Gasteiger partial charge is 0.496 e. The summed E-state index contributed by atoms with van der Waals surface area (Å²) >= 11 is 0. The Bertz CT molecular complexity index is 731. The smallest absolute Gasteiger partial charge is 0.399 e. The van der Waals surface area contributed by atoms with Gasteiger partial charge < -0.3 is 14.6 Å². The van der Waals surface area contributed by atoms with Crippen molar-refractivity contribution in [2.45, 2.75) is 38.9 Å². The molecule has 1 fully saturated rings. The number of carbonyl (C=O) groups is 1. The maximum atomic E-state index is 12.3. The number of amides is 1. The molecular formula is C18H21BN2O3. The molecule has 24 heavy (non-hydrogen) atoms. The predicted octanol–water partition coefficient (Wildman–Crippen LogP) is 2.63. The molecule has 1 N–H and O–H groups in total. The van der Waals surface area contributed by atoms with E-state index in [0.717, 1.165) is 5.46 Å². The van der Waals surface area contributed by atoms with Gasteiger partial charge in [-0.1, -0.05) is 18.2 Å². The molecule has 0 radical (unpaired) electrons. The number of pyridine rings is 1. The summed E-state index contributed by atoms with van der Waals surface area (Å²) in [5, 5.41) is 2.85. The van der Waals surface area contributed by atoms with Gasteiger partial charge in [-0.05, 0) is 45.9 Å². The normalized spacial score (nSPS) is 18.4. The van der Waals surface area contributed by atoms with Crippen LogP contribution in [0.15, 0.2) is 48.8 Å². The van der Waals surface area contributed by atoms with E-state index < -0.39 is 18.3 Å². The molecule has 0 unspecified atom stereocenters. The lowest BCUT2D eigenvalue weighted by Gasteiger charge is -2.32. The van der Waals surface area contributed by atoms with Crippen molar-refractivity contribution < 1.29 is 14.1 Å². The number of benzene rings is 1. The van der Waals surface area contributed by atoms with Crippen molar-refractivity contribution >= 4 is 24.2 Å². The molecule has 0 bridgehead atoms. The minimum atomic E-state index is -0.504. The molecule has 1 aromatic carbocycles. The molecule has 0 spiro atoms. The summed E-state index contributed by atoms with van der Waals surface area (Å²) in [5.74, 6) is -0.177. The second kappa shape index (κ2) is 6.04. The monoisotopic (exact) mass is 324 g/mol. The third-order valence-corrected chi connectivity index (χ3v) is 4.58. The van der Waals surface area contributed by atoms with Crippen molar-refractivity contribution in [1.29, 1.82) is 0 Å². The molecule has 0 aliphatic carbocycles. The van der Waals surface area contributed by atoms with Crippen LogP contribution in [0.25, 0.3) is 0 Å². The van der Waals surface area contributed by atoms with E-state index in [1.807, 2.05) is 52.0 Å². The van der Waals surface area contributed by atoms with Crippen LogP contribution in [-0.2, 0) is 9.31 Å². The van der Waals surface area contributed by atoms with Crippen molar-refractivity contribution in [3.05, 3.63) is 54.4 Å². The second-order valence-corrected chi connectivity index (χ2v) is 6.92. The highest BCUT2D eigenvalue weighted by Crippen LogP contribution is 2.36. The summed E-state index contributed by atoms with van der Waals surface area (Å²) in [7, 11) is -0.504. The average Bonchev–Trinajstić information content (AvgIpc) is 2.76. The average molecular weight is 324 g/mol. The minimum absolute atomic E-state index is 0.177. The number of rotatable bonds is 3. The highest BCUT2D eigenvalue weighted by atomic mass is 16.7. The molecule has 1 amide bonds. The van der Waals surface area contributed by atoms with E-state index in [1.165, 1.54) is 0 Å². The lowest BCUT2D eigenvalue weighted by molar-refractivity contribution is 0.00578. The van der Waals surface area contributed by atoms with Crippen LogP contribution in [0.4, 0.5) is 5.69 Å². The molecule has 1 aromatic heterocycles. The molecule has 124 valence electrons. The fourth-order valence-electron chi connectivity index (χ4n) is 2.43. The first kappa shape index (κ1) is 16.7. The van der Waals surface area contributed by atoms with Crippen molar-refractivity contribution in [3.63, 3.8) is 0 Å². The van der Waals surface area contributed by atoms with Crippen LogP contribution in [0.1, 0.15) is 38.1 Å². The first-order valence-corrected chi connectivity index (χ1v) is 7.95. The van der Waals surface area contributed by atoms with Crippen LogP contribution < -0.4 is 10.8 Å². The van der Waals surface area contributed by atoms with Crippen LogP contribution in [0.5, 0.6) is 0 Å². The first-order valence-electron chi connectivity index (χ1n) is 7.95. The van der Waals surface area contributed by atoms with Gasteiger partial charge in [0.15, 0.2) is 0 Å². The van der Waals surface area contributed by atoms with Crippen LogP contribution in [0.3, 0.4) is 0 Å². The maximum absolute atomic E-state index is 12.3. The molecule has 5 nitrogen and oxygen atoms in total. The van der Waals surface area contributed by atoms with E-state index in [4.69, 9.17) is 9.31 Å². The number of nitrogens with one attached hydrogen (secondary N) is 1. The number of hydrogen-bond acceptors (Lipinski definition) is 4. The highest BCUT2D eigenvalue weighted by Gasteiger charge is 2.51. The molecule has 1 saturated heterocycles. The van der Waals surface area contributed by atoms with Gasteiger partial charge in [-0.3, -0.25) is 9.78 Å². The fraction of sp³-hybridized carbons (Fsp3) is 0.333. The molecule has 3 rings (SSSR count). The van der Waals surface area contributed by atoms with Crippen molar-refractivity contribution in [2.75, 3.05) is 5.32 Å². The lowest BCUT2D eigenvalue weighted by atomic mass is 9.80. The molecule has 1 aliphatic heterocycles. The van der Waals surface area contributed by atoms with E-state index >= 15 is 0 Å². The van der Waals surface area contributed by atoms with Gasteiger partial charge in [-0.25, -0.2) is 0 Å². The van der Waals surface area contributed by atoms with Gasteiger partial charge in [0.1, 0.15) is 0 Å². The molecule has 6 heteroatoms. The van der Waals surface area contributed by atoms with Gasteiger partial charge in [-0.2, -0.15) is 0 Å². The van der Waals surface area contributed by atoms with Gasteiger partial charge in [-0.15, -0.1) is 0 Å². The van der Waals surface area contributed by atoms with E-state index in [-0.39, 0.29) is 5.91 Å². The van der Waals surface area contributed by atoms with Gasteiger partial charge in [0.25, 0.3) is 5.91 Å². The Kier molecular flexibility index (Phi) is 4.19. The SMILES string of the molecule is CC1(C)OB(c2cncc(NC(=O)c3ccccc3)c2)OC1(C)C. The third-order valence-electron chi connectivity index (χ3n) is 4.58. The summed E-state index contributed by atoms with van der Waals surface area (Å²) in [6, 6.07) is 10.9. The van der Waals surface area contributed by atoms with Gasteiger partial charge >= 0.3 is 7.12 Å². The molecule has 0 atom stereocenters. The van der Waals surface area contributed by atoms with E-state index in [1.54, 1.807) is 24.5 Å². The Labute approximate surface area is 142 Å². The van der Waals surface area contributed by atoms with Crippen LogP contribution in [0, 0.1) is 0 Å². The van der Waals surface area contributed by atoms with Crippen molar-refractivity contribution in [3.8, 4) is 0 Å². The second-order valence-electron chi connectivity index (χ2n) is 6.92. The Balaban J connectivity index is 1.77. The minimum Gasteiger partial charge on any atom is -0.399 e. The van der Waals surface area contributed by atoms with E-state index in [9.17, 15) is 4.79 Å². The van der Waals surface area contributed by atoms with Crippen molar-refractivity contribution in [1.82, 2.24) is 4.98 Å². The third kappa shape index (κ3) is 3.20. The fourth-order valence-corrected chi connectivity index (χ4v) is 2.43. The number of carbonyl (C=O) groups excluding carboxylic acids is 1. The molecule has 2 heterocycles.